The molecule has 1 unspecified atom stereocenters. The highest BCUT2D eigenvalue weighted by atomic mass is 35.5. The zero-order valence-electron chi connectivity index (χ0n) is 11.5. The molecule has 2 heterocycles. The Kier molecular flexibility index (Phi) is 8.80. The van der Waals surface area contributed by atoms with E-state index in [2.05, 4.69) is 5.10 Å². The molecule has 1 aromatic rings. The number of amides is 1. The Morgan fingerprint density at radius 2 is 2.30 bits per heavy atom. The van der Waals surface area contributed by atoms with Gasteiger partial charge in [-0.2, -0.15) is 5.10 Å². The minimum atomic E-state index is 0. The summed E-state index contributed by atoms with van der Waals surface area (Å²) in [4.78, 5) is 13.6. The summed E-state index contributed by atoms with van der Waals surface area (Å²) in [5, 5.41) is 4.23. The van der Waals surface area contributed by atoms with E-state index in [1.807, 2.05) is 28.9 Å². The van der Waals surface area contributed by atoms with Crippen LogP contribution >= 0.6 is 24.8 Å². The maximum atomic E-state index is 11.8. The van der Waals surface area contributed by atoms with Crippen molar-refractivity contribution in [2.45, 2.75) is 26.0 Å². The highest BCUT2D eigenvalue weighted by Gasteiger charge is 2.24. The summed E-state index contributed by atoms with van der Waals surface area (Å²) < 4.78 is 7.52. The molecule has 1 fully saturated rings. The van der Waals surface area contributed by atoms with Crippen LogP contribution in [0.4, 0.5) is 0 Å². The fourth-order valence-corrected chi connectivity index (χ4v) is 2.11. The monoisotopic (exact) mass is 324 g/mol. The second-order valence-corrected chi connectivity index (χ2v) is 4.61. The van der Waals surface area contributed by atoms with E-state index < -0.39 is 0 Å². The van der Waals surface area contributed by atoms with E-state index >= 15 is 0 Å². The third-order valence-electron chi connectivity index (χ3n) is 3.00. The van der Waals surface area contributed by atoms with E-state index in [1.54, 1.807) is 0 Å². The first-order valence-electron chi connectivity index (χ1n) is 6.27. The molecule has 1 saturated heterocycles. The molecular weight excluding hydrogens is 303 g/mol. The van der Waals surface area contributed by atoms with Gasteiger partial charge >= 0.3 is 0 Å². The number of nitrogens with zero attached hydrogens (tertiary/aromatic N) is 3. The fourth-order valence-electron chi connectivity index (χ4n) is 2.11. The molecule has 0 aliphatic carbocycles. The van der Waals surface area contributed by atoms with Crippen LogP contribution in [0.25, 0.3) is 0 Å². The number of morpholine rings is 1. The van der Waals surface area contributed by atoms with Gasteiger partial charge in [0.15, 0.2) is 0 Å². The van der Waals surface area contributed by atoms with Gasteiger partial charge in [-0.25, -0.2) is 0 Å². The largest absolute Gasteiger partial charge is 0.373 e. The van der Waals surface area contributed by atoms with Crippen LogP contribution in [0.5, 0.6) is 0 Å². The molecule has 1 aliphatic heterocycles. The summed E-state index contributed by atoms with van der Waals surface area (Å²) in [7, 11) is 0. The molecular formula is C12H22Cl2N4O2. The number of aromatic nitrogens is 2. The van der Waals surface area contributed by atoms with Crippen molar-refractivity contribution in [3.05, 3.63) is 18.0 Å². The van der Waals surface area contributed by atoms with Gasteiger partial charge in [0.1, 0.15) is 0 Å². The maximum Gasteiger partial charge on any atom is 0.224 e. The molecule has 1 amide bonds. The zero-order valence-corrected chi connectivity index (χ0v) is 13.2. The SMILES string of the molecule is Cc1cnn(CC2CN(C(=O)CCN)CCO2)c1.Cl.Cl. The molecule has 1 aliphatic rings. The second kappa shape index (κ2) is 9.18. The highest BCUT2D eigenvalue weighted by molar-refractivity contribution is 5.85. The van der Waals surface area contributed by atoms with Crippen LogP contribution in [0.1, 0.15) is 12.0 Å². The van der Waals surface area contributed by atoms with Crippen LogP contribution in [0, 0.1) is 6.92 Å². The first kappa shape index (κ1) is 19.2. The van der Waals surface area contributed by atoms with Crippen molar-refractivity contribution in [3.8, 4) is 0 Å². The Labute approximate surface area is 131 Å². The van der Waals surface area contributed by atoms with Gasteiger partial charge < -0.3 is 15.4 Å². The van der Waals surface area contributed by atoms with E-state index in [-0.39, 0.29) is 36.8 Å². The molecule has 2 N–H and O–H groups in total. The van der Waals surface area contributed by atoms with Crippen molar-refractivity contribution >= 4 is 30.7 Å². The first-order chi connectivity index (χ1) is 8.69. The lowest BCUT2D eigenvalue weighted by atomic mass is 10.2. The molecule has 0 aromatic carbocycles. The van der Waals surface area contributed by atoms with Crippen LogP contribution in [-0.4, -0.2) is 52.9 Å². The number of hydrogen-bond acceptors (Lipinski definition) is 4. The zero-order chi connectivity index (χ0) is 13.0. The normalized spacial score (nSPS) is 18.1. The molecule has 0 bridgehead atoms. The number of halogens is 2. The van der Waals surface area contributed by atoms with Crippen LogP contribution in [0.15, 0.2) is 12.4 Å². The summed E-state index contributed by atoms with van der Waals surface area (Å²) >= 11 is 0. The standard InChI is InChI=1S/C12H20N4O2.2ClH/c1-10-6-14-16(7-10)9-11-8-15(4-5-18-11)12(17)2-3-13;;/h6-7,11H,2-5,8-9,13H2,1H3;2*1H. The average molecular weight is 325 g/mol. The molecule has 20 heavy (non-hydrogen) atoms. The molecule has 8 heteroatoms. The molecule has 0 radical (unpaired) electrons. The van der Waals surface area contributed by atoms with Gasteiger partial charge in [-0.05, 0) is 12.5 Å². The summed E-state index contributed by atoms with van der Waals surface area (Å²) in [6.07, 6.45) is 4.22. The average Bonchev–Trinajstić information content (AvgIpc) is 2.75. The van der Waals surface area contributed by atoms with Crippen molar-refractivity contribution in [3.63, 3.8) is 0 Å². The number of rotatable bonds is 4. The van der Waals surface area contributed by atoms with Gasteiger partial charge in [-0.3, -0.25) is 9.48 Å². The summed E-state index contributed by atoms with van der Waals surface area (Å²) in [5.41, 5.74) is 6.53. The maximum absolute atomic E-state index is 11.8. The Morgan fingerprint density at radius 1 is 1.55 bits per heavy atom. The Balaban J connectivity index is 0.00000180. The minimum absolute atomic E-state index is 0. The topological polar surface area (TPSA) is 73.4 Å². The van der Waals surface area contributed by atoms with Gasteiger partial charge in [0.2, 0.25) is 5.91 Å². The quantitative estimate of drug-likeness (QED) is 0.880. The van der Waals surface area contributed by atoms with Crippen LogP contribution in [-0.2, 0) is 16.1 Å². The van der Waals surface area contributed by atoms with Gasteiger partial charge in [0.05, 0.1) is 25.5 Å². The molecule has 6 nitrogen and oxygen atoms in total. The van der Waals surface area contributed by atoms with Crippen molar-refractivity contribution in [1.82, 2.24) is 14.7 Å². The number of aryl methyl sites for hydroxylation is 1. The van der Waals surface area contributed by atoms with Crippen molar-refractivity contribution in [2.24, 2.45) is 5.73 Å². The molecule has 2 rings (SSSR count). The predicted octanol–water partition coefficient (Wildman–Crippen LogP) is 0.611. The Hall–Kier alpha value is -0.820. The van der Waals surface area contributed by atoms with E-state index in [1.165, 1.54) is 0 Å². The van der Waals surface area contributed by atoms with Crippen LogP contribution in [0.2, 0.25) is 0 Å². The fraction of sp³-hybridized carbons (Fsp3) is 0.667. The molecule has 0 spiro atoms. The molecule has 116 valence electrons. The number of hydrogen-bond donors (Lipinski definition) is 1. The van der Waals surface area contributed by atoms with E-state index in [0.717, 1.165) is 5.56 Å². The summed E-state index contributed by atoms with van der Waals surface area (Å²) in [6.45, 7) is 4.95. The van der Waals surface area contributed by atoms with Crippen molar-refractivity contribution < 1.29 is 9.53 Å². The van der Waals surface area contributed by atoms with Crippen molar-refractivity contribution in [1.29, 1.82) is 0 Å². The minimum Gasteiger partial charge on any atom is -0.373 e. The third-order valence-corrected chi connectivity index (χ3v) is 3.00. The van der Waals surface area contributed by atoms with Crippen molar-refractivity contribution in [2.75, 3.05) is 26.2 Å². The van der Waals surface area contributed by atoms with Crippen LogP contribution < -0.4 is 5.73 Å². The summed E-state index contributed by atoms with van der Waals surface area (Å²) in [5.74, 6) is 0.113. The Bertz CT molecular complexity index is 414. The summed E-state index contributed by atoms with van der Waals surface area (Å²) in [6, 6.07) is 0. The van der Waals surface area contributed by atoms with E-state index in [9.17, 15) is 4.79 Å². The molecule has 1 aromatic heterocycles. The number of nitrogens with two attached hydrogens (primary N) is 1. The molecule has 0 saturated carbocycles. The third kappa shape index (κ3) is 5.28. The Morgan fingerprint density at radius 3 is 2.90 bits per heavy atom. The van der Waals surface area contributed by atoms with E-state index in [4.69, 9.17) is 10.5 Å². The van der Waals surface area contributed by atoms with Gasteiger partial charge in [-0.15, -0.1) is 24.8 Å². The predicted molar refractivity (Wildman–Crippen MR) is 81.5 cm³/mol. The van der Waals surface area contributed by atoms with Gasteiger partial charge in [-0.1, -0.05) is 0 Å². The van der Waals surface area contributed by atoms with E-state index in [0.29, 0.717) is 39.2 Å². The van der Waals surface area contributed by atoms with Gasteiger partial charge in [0, 0.05) is 32.3 Å². The number of carbonyl (C=O) groups is 1. The first-order valence-corrected chi connectivity index (χ1v) is 6.27. The van der Waals surface area contributed by atoms with Crippen LogP contribution in [0.3, 0.4) is 0 Å². The van der Waals surface area contributed by atoms with Gasteiger partial charge in [0.25, 0.3) is 0 Å². The number of ether oxygens (including phenoxy) is 1. The lowest BCUT2D eigenvalue weighted by Crippen LogP contribution is -2.47. The number of carbonyl (C=O) groups excluding carboxylic acids is 1. The lowest BCUT2D eigenvalue weighted by molar-refractivity contribution is -0.139. The lowest BCUT2D eigenvalue weighted by Gasteiger charge is -2.33. The smallest absolute Gasteiger partial charge is 0.224 e. The molecule has 1 atom stereocenters. The highest BCUT2D eigenvalue weighted by Crippen LogP contribution is 2.09. The second-order valence-electron chi connectivity index (χ2n) is 4.61.